The van der Waals surface area contributed by atoms with Crippen molar-refractivity contribution < 1.29 is 5.11 Å². The summed E-state index contributed by atoms with van der Waals surface area (Å²) in [4.78, 5) is 7.06. The predicted molar refractivity (Wildman–Crippen MR) is 84.2 cm³/mol. The zero-order valence-electron chi connectivity index (χ0n) is 13.1. The van der Waals surface area contributed by atoms with E-state index in [2.05, 4.69) is 42.8 Å². The number of rotatable bonds is 4. The maximum atomic E-state index is 8.90. The first-order chi connectivity index (χ1) is 9.50. The van der Waals surface area contributed by atoms with Gasteiger partial charge >= 0.3 is 0 Å². The molecule has 3 nitrogen and oxygen atoms in total. The average molecular weight is 276 g/mol. The summed E-state index contributed by atoms with van der Waals surface area (Å²) in [5.74, 6) is 0.792. The third kappa shape index (κ3) is 3.95. The molecule has 0 aliphatic carbocycles. The van der Waals surface area contributed by atoms with E-state index in [1.807, 2.05) is 6.20 Å². The van der Waals surface area contributed by atoms with Crippen LogP contribution in [0.3, 0.4) is 0 Å². The van der Waals surface area contributed by atoms with Crippen molar-refractivity contribution >= 4 is 5.69 Å². The van der Waals surface area contributed by atoms with Gasteiger partial charge in [-0.25, -0.2) is 0 Å². The Morgan fingerprint density at radius 3 is 2.45 bits per heavy atom. The summed E-state index contributed by atoms with van der Waals surface area (Å²) in [6.45, 7) is 9.16. The standard InChI is InChI=1S/C17H28N2O/c1-17(2,3)16-7-6-15(13-18-16)19-10-8-14(9-11-19)5-4-12-20/h6-7,13-14,20H,4-5,8-12H2,1-3H3. The average Bonchev–Trinajstić information content (AvgIpc) is 2.45. The number of anilines is 1. The Labute approximate surface area is 123 Å². The number of nitrogens with zero attached hydrogens (tertiary/aromatic N) is 2. The molecule has 112 valence electrons. The molecule has 0 saturated carbocycles. The zero-order valence-corrected chi connectivity index (χ0v) is 13.1. The monoisotopic (exact) mass is 276 g/mol. The molecule has 0 atom stereocenters. The molecule has 2 heterocycles. The number of aromatic nitrogens is 1. The molecule has 1 aromatic rings. The summed E-state index contributed by atoms with van der Waals surface area (Å²) < 4.78 is 0. The fraction of sp³-hybridized carbons (Fsp3) is 0.706. The highest BCUT2D eigenvalue weighted by Crippen LogP contribution is 2.27. The van der Waals surface area contributed by atoms with Crippen molar-refractivity contribution in [2.75, 3.05) is 24.6 Å². The Kier molecular flexibility index (Phi) is 5.03. The lowest BCUT2D eigenvalue weighted by molar-refractivity contribution is 0.261. The van der Waals surface area contributed by atoms with E-state index >= 15 is 0 Å². The molecular weight excluding hydrogens is 248 g/mol. The molecule has 0 spiro atoms. The maximum Gasteiger partial charge on any atom is 0.0552 e. The van der Waals surface area contributed by atoms with Crippen molar-refractivity contribution in [1.82, 2.24) is 4.98 Å². The molecule has 1 aliphatic rings. The summed E-state index contributed by atoms with van der Waals surface area (Å²) in [5, 5.41) is 8.90. The van der Waals surface area contributed by atoms with Crippen molar-refractivity contribution in [2.45, 2.75) is 51.9 Å². The van der Waals surface area contributed by atoms with E-state index in [1.165, 1.54) is 24.9 Å². The smallest absolute Gasteiger partial charge is 0.0552 e. The number of aliphatic hydroxyl groups excluding tert-OH is 1. The van der Waals surface area contributed by atoms with Gasteiger partial charge < -0.3 is 10.0 Å². The van der Waals surface area contributed by atoms with E-state index in [-0.39, 0.29) is 5.41 Å². The number of piperidine rings is 1. The zero-order chi connectivity index (χ0) is 14.6. The molecule has 0 bridgehead atoms. The highest BCUT2D eigenvalue weighted by molar-refractivity contribution is 5.45. The van der Waals surface area contributed by atoms with E-state index < -0.39 is 0 Å². The van der Waals surface area contributed by atoms with Crippen molar-refractivity contribution in [3.63, 3.8) is 0 Å². The minimum absolute atomic E-state index is 0.121. The van der Waals surface area contributed by atoms with Crippen molar-refractivity contribution in [3.05, 3.63) is 24.0 Å². The van der Waals surface area contributed by atoms with Crippen LogP contribution < -0.4 is 4.90 Å². The van der Waals surface area contributed by atoms with Gasteiger partial charge in [-0.05, 0) is 43.7 Å². The fourth-order valence-corrected chi connectivity index (χ4v) is 2.88. The first-order valence-electron chi connectivity index (χ1n) is 7.83. The van der Waals surface area contributed by atoms with Gasteiger partial charge in [0.25, 0.3) is 0 Å². The third-order valence-electron chi connectivity index (χ3n) is 4.27. The normalized spacial score (nSPS) is 17.5. The molecule has 1 saturated heterocycles. The first-order valence-corrected chi connectivity index (χ1v) is 7.83. The lowest BCUT2D eigenvalue weighted by Crippen LogP contribution is -2.33. The van der Waals surface area contributed by atoms with Crippen molar-refractivity contribution in [1.29, 1.82) is 0 Å². The van der Waals surface area contributed by atoms with Gasteiger partial charge in [0.05, 0.1) is 11.9 Å². The molecule has 1 aromatic heterocycles. The molecule has 0 unspecified atom stereocenters. The summed E-state index contributed by atoms with van der Waals surface area (Å²) in [6.07, 6.45) is 6.62. The van der Waals surface area contributed by atoms with Gasteiger partial charge in [0.1, 0.15) is 0 Å². The van der Waals surface area contributed by atoms with Gasteiger partial charge in [-0.15, -0.1) is 0 Å². The molecule has 0 radical (unpaired) electrons. The molecule has 2 rings (SSSR count). The summed E-state index contributed by atoms with van der Waals surface area (Å²) >= 11 is 0. The van der Waals surface area contributed by atoms with Gasteiger partial charge in [-0.3, -0.25) is 4.98 Å². The highest BCUT2D eigenvalue weighted by atomic mass is 16.2. The van der Waals surface area contributed by atoms with Gasteiger partial charge in [-0.1, -0.05) is 20.8 Å². The molecule has 0 aromatic carbocycles. The van der Waals surface area contributed by atoms with Crippen LogP contribution in [0.4, 0.5) is 5.69 Å². The van der Waals surface area contributed by atoms with Gasteiger partial charge in [0.2, 0.25) is 0 Å². The Hall–Kier alpha value is -1.09. The Balaban J connectivity index is 1.90. The molecule has 1 fully saturated rings. The van der Waals surface area contributed by atoms with Crippen LogP contribution in [0.25, 0.3) is 0 Å². The molecule has 20 heavy (non-hydrogen) atoms. The summed E-state index contributed by atoms with van der Waals surface area (Å²) in [5.41, 5.74) is 2.52. The van der Waals surface area contributed by atoms with Crippen LogP contribution in [0.5, 0.6) is 0 Å². The fourth-order valence-electron chi connectivity index (χ4n) is 2.88. The minimum atomic E-state index is 0.121. The van der Waals surface area contributed by atoms with Crippen molar-refractivity contribution in [3.8, 4) is 0 Å². The molecule has 1 aliphatic heterocycles. The van der Waals surface area contributed by atoms with Crippen molar-refractivity contribution in [2.24, 2.45) is 5.92 Å². The first kappa shape index (κ1) is 15.3. The second kappa shape index (κ2) is 6.57. The Morgan fingerprint density at radius 1 is 1.25 bits per heavy atom. The SMILES string of the molecule is CC(C)(C)c1ccc(N2CCC(CCCO)CC2)cn1. The number of aliphatic hydroxyl groups is 1. The molecular formula is C17H28N2O. The van der Waals surface area contributed by atoms with E-state index in [9.17, 15) is 0 Å². The number of pyridine rings is 1. The Bertz CT molecular complexity index is 400. The van der Waals surface area contributed by atoms with Crippen LogP contribution in [0, 0.1) is 5.92 Å². The maximum absolute atomic E-state index is 8.90. The second-order valence-electron chi connectivity index (χ2n) is 6.95. The van der Waals surface area contributed by atoms with Gasteiger partial charge in [0.15, 0.2) is 0 Å². The van der Waals surface area contributed by atoms with Gasteiger partial charge in [-0.2, -0.15) is 0 Å². The van der Waals surface area contributed by atoms with Crippen LogP contribution in [-0.4, -0.2) is 29.8 Å². The highest BCUT2D eigenvalue weighted by Gasteiger charge is 2.20. The molecule has 3 heteroatoms. The van der Waals surface area contributed by atoms with E-state index in [1.54, 1.807) is 0 Å². The Morgan fingerprint density at radius 2 is 1.95 bits per heavy atom. The van der Waals surface area contributed by atoms with Crippen LogP contribution in [0.2, 0.25) is 0 Å². The van der Waals surface area contributed by atoms with Gasteiger partial charge in [0, 0.05) is 30.8 Å². The van der Waals surface area contributed by atoms with Crippen LogP contribution >= 0.6 is 0 Å². The summed E-state index contributed by atoms with van der Waals surface area (Å²) in [7, 11) is 0. The predicted octanol–water partition coefficient (Wildman–Crippen LogP) is 3.37. The lowest BCUT2D eigenvalue weighted by Gasteiger charge is -2.33. The third-order valence-corrected chi connectivity index (χ3v) is 4.27. The van der Waals surface area contributed by atoms with E-state index in [0.717, 1.165) is 31.1 Å². The van der Waals surface area contributed by atoms with E-state index in [0.29, 0.717) is 6.61 Å². The lowest BCUT2D eigenvalue weighted by atomic mass is 9.91. The van der Waals surface area contributed by atoms with Crippen LogP contribution in [0.15, 0.2) is 18.3 Å². The van der Waals surface area contributed by atoms with Crippen LogP contribution in [0.1, 0.15) is 52.1 Å². The quantitative estimate of drug-likeness (QED) is 0.916. The molecule has 0 amide bonds. The topological polar surface area (TPSA) is 36.4 Å². The second-order valence-corrected chi connectivity index (χ2v) is 6.95. The number of hydrogen-bond acceptors (Lipinski definition) is 3. The minimum Gasteiger partial charge on any atom is -0.396 e. The van der Waals surface area contributed by atoms with E-state index in [4.69, 9.17) is 5.11 Å². The number of hydrogen-bond donors (Lipinski definition) is 1. The summed E-state index contributed by atoms with van der Waals surface area (Å²) in [6, 6.07) is 4.37. The largest absolute Gasteiger partial charge is 0.396 e. The van der Waals surface area contributed by atoms with Crippen LogP contribution in [-0.2, 0) is 5.41 Å². The molecule has 1 N–H and O–H groups in total.